The highest BCUT2D eigenvalue weighted by Crippen LogP contribution is 2.39. The Kier molecular flexibility index (Phi) is 13.7. The summed E-state index contributed by atoms with van der Waals surface area (Å²) in [6, 6.07) is 23.3. The molecular weight excluding hydrogens is 592 g/mol. The Morgan fingerprint density at radius 2 is 1.06 bits per heavy atom. The Hall–Kier alpha value is -3.40. The molecule has 0 saturated heterocycles. The third-order valence-corrected chi connectivity index (χ3v) is 11.2. The van der Waals surface area contributed by atoms with E-state index in [-0.39, 0.29) is 5.97 Å². The first-order chi connectivity index (χ1) is 23.4. The van der Waals surface area contributed by atoms with Crippen LogP contribution in [0.3, 0.4) is 0 Å². The van der Waals surface area contributed by atoms with E-state index in [1.807, 2.05) is 49.4 Å². The third-order valence-electron chi connectivity index (χ3n) is 11.2. The first-order valence-electron chi connectivity index (χ1n) is 19.2. The maximum Gasteiger partial charge on any atom is 0.343 e. The molecule has 0 radical (unpaired) electrons. The number of benzene rings is 3. The molecule has 3 aromatic rings. The van der Waals surface area contributed by atoms with Crippen LogP contribution in [-0.2, 0) is 4.74 Å². The molecule has 4 nitrogen and oxygen atoms in total. The van der Waals surface area contributed by atoms with Crippen molar-refractivity contribution in [1.29, 1.82) is 0 Å². The van der Waals surface area contributed by atoms with Crippen LogP contribution < -0.4 is 4.74 Å². The summed E-state index contributed by atoms with van der Waals surface area (Å²) in [6.45, 7) is 6.37. The van der Waals surface area contributed by atoms with E-state index < -0.39 is 12.1 Å². The monoisotopic (exact) mass is 650 g/mol. The molecule has 0 aromatic heterocycles. The van der Waals surface area contributed by atoms with Crippen LogP contribution in [0.4, 0.5) is 0 Å². The van der Waals surface area contributed by atoms with Crippen molar-refractivity contribution in [3.8, 4) is 5.75 Å². The SMILES string of the molecule is CCCCCC1CCC(c2ccc(C(=O)Oc3ccccc3C(C)OC(=O)c3ccc(C4CCC(CCCCC)CC4)cc3)cc2)CC1. The average molecular weight is 651 g/mol. The second kappa shape index (κ2) is 18.4. The number of unbranched alkanes of at least 4 members (excludes halogenated alkanes) is 4. The summed E-state index contributed by atoms with van der Waals surface area (Å²) in [5.74, 6) is 2.54. The van der Waals surface area contributed by atoms with Gasteiger partial charge in [0.25, 0.3) is 0 Å². The normalized spacial score (nSPS) is 21.7. The van der Waals surface area contributed by atoms with Crippen LogP contribution in [0.2, 0.25) is 0 Å². The van der Waals surface area contributed by atoms with Gasteiger partial charge in [0.2, 0.25) is 0 Å². The molecule has 2 saturated carbocycles. The van der Waals surface area contributed by atoms with Crippen molar-refractivity contribution in [3.05, 3.63) is 101 Å². The zero-order chi connectivity index (χ0) is 33.7. The Morgan fingerprint density at radius 1 is 0.604 bits per heavy atom. The molecule has 3 aromatic carbocycles. The van der Waals surface area contributed by atoms with Gasteiger partial charge in [-0.2, -0.15) is 0 Å². The summed E-state index contributed by atoms with van der Waals surface area (Å²) in [6.07, 6.45) is 20.3. The summed E-state index contributed by atoms with van der Waals surface area (Å²) >= 11 is 0. The van der Waals surface area contributed by atoms with Gasteiger partial charge in [-0.05, 0) is 123 Å². The number of carbonyl (C=O) groups excluding carboxylic acids is 2. The van der Waals surface area contributed by atoms with Gasteiger partial charge in [-0.15, -0.1) is 0 Å². The number of ether oxygens (including phenoxy) is 2. The predicted molar refractivity (Wildman–Crippen MR) is 196 cm³/mol. The molecule has 258 valence electrons. The van der Waals surface area contributed by atoms with Crippen LogP contribution in [0.15, 0.2) is 72.8 Å². The van der Waals surface area contributed by atoms with Crippen molar-refractivity contribution < 1.29 is 19.1 Å². The van der Waals surface area contributed by atoms with Crippen LogP contribution in [0.1, 0.15) is 179 Å². The van der Waals surface area contributed by atoms with Crippen LogP contribution in [0.25, 0.3) is 0 Å². The van der Waals surface area contributed by atoms with E-state index in [2.05, 4.69) is 38.1 Å². The van der Waals surface area contributed by atoms with Crippen molar-refractivity contribution in [2.24, 2.45) is 11.8 Å². The molecule has 2 aliphatic rings. The molecule has 0 spiro atoms. The lowest BCUT2D eigenvalue weighted by Crippen LogP contribution is -2.15. The quantitative estimate of drug-likeness (QED) is 0.0933. The summed E-state index contributed by atoms with van der Waals surface area (Å²) in [7, 11) is 0. The van der Waals surface area contributed by atoms with Gasteiger partial charge < -0.3 is 9.47 Å². The van der Waals surface area contributed by atoms with Gasteiger partial charge in [-0.25, -0.2) is 9.59 Å². The van der Waals surface area contributed by atoms with E-state index in [1.165, 1.54) is 114 Å². The Morgan fingerprint density at radius 3 is 1.54 bits per heavy atom. The van der Waals surface area contributed by atoms with Crippen LogP contribution in [-0.4, -0.2) is 11.9 Å². The fraction of sp³-hybridized carbons (Fsp3) is 0.545. The lowest BCUT2D eigenvalue weighted by molar-refractivity contribution is 0.0333. The van der Waals surface area contributed by atoms with E-state index in [4.69, 9.17) is 9.47 Å². The fourth-order valence-electron chi connectivity index (χ4n) is 8.08. The zero-order valence-corrected chi connectivity index (χ0v) is 29.8. The largest absolute Gasteiger partial charge is 0.454 e. The van der Waals surface area contributed by atoms with Gasteiger partial charge >= 0.3 is 11.9 Å². The molecule has 0 heterocycles. The molecule has 0 aliphatic heterocycles. The minimum absolute atomic E-state index is 0.375. The van der Waals surface area contributed by atoms with E-state index in [0.29, 0.717) is 34.3 Å². The highest BCUT2D eigenvalue weighted by Gasteiger charge is 2.25. The van der Waals surface area contributed by atoms with Crippen molar-refractivity contribution >= 4 is 11.9 Å². The molecule has 48 heavy (non-hydrogen) atoms. The molecule has 4 heteroatoms. The van der Waals surface area contributed by atoms with Crippen molar-refractivity contribution in [1.82, 2.24) is 0 Å². The lowest BCUT2D eigenvalue weighted by Gasteiger charge is -2.29. The number of rotatable bonds is 15. The highest BCUT2D eigenvalue weighted by molar-refractivity contribution is 5.91. The predicted octanol–water partition coefficient (Wildman–Crippen LogP) is 12.5. The first kappa shape index (κ1) is 35.9. The van der Waals surface area contributed by atoms with Crippen molar-refractivity contribution in [3.63, 3.8) is 0 Å². The zero-order valence-electron chi connectivity index (χ0n) is 29.8. The molecule has 5 rings (SSSR count). The third kappa shape index (κ3) is 10.1. The molecule has 2 aliphatic carbocycles. The number of para-hydroxylation sites is 1. The van der Waals surface area contributed by atoms with Crippen molar-refractivity contribution in [2.45, 2.75) is 141 Å². The molecule has 1 unspecified atom stereocenters. The maximum absolute atomic E-state index is 13.2. The van der Waals surface area contributed by atoms with Crippen LogP contribution >= 0.6 is 0 Å². The second-order valence-electron chi connectivity index (χ2n) is 14.6. The topological polar surface area (TPSA) is 52.6 Å². The number of esters is 2. The Bertz CT molecular complexity index is 1410. The number of hydrogen-bond donors (Lipinski definition) is 0. The van der Waals surface area contributed by atoms with Gasteiger partial charge in [0.1, 0.15) is 11.9 Å². The maximum atomic E-state index is 13.2. The Balaban J connectivity index is 1.11. The summed E-state index contributed by atoms with van der Waals surface area (Å²) < 4.78 is 11.8. The van der Waals surface area contributed by atoms with Gasteiger partial charge in [0.05, 0.1) is 11.1 Å². The highest BCUT2D eigenvalue weighted by atomic mass is 16.6. The van der Waals surface area contributed by atoms with Gasteiger partial charge in [-0.3, -0.25) is 0 Å². The van der Waals surface area contributed by atoms with Crippen LogP contribution in [0.5, 0.6) is 5.75 Å². The standard InChI is InChI=1S/C44H58O4/c1-4-6-8-12-33-16-20-35(21-17-33)37-24-28-39(29-25-37)43(45)47-32(3)41-14-10-11-15-42(41)48-44(46)40-30-26-38(27-31-40)36-22-18-34(19-23-36)13-9-7-5-2/h10-11,14-15,24-36H,4-9,12-13,16-23H2,1-3H3. The number of carbonyl (C=O) groups is 2. The average Bonchev–Trinajstić information content (AvgIpc) is 3.13. The van der Waals surface area contributed by atoms with Gasteiger partial charge in [-0.1, -0.05) is 108 Å². The summed E-state index contributed by atoms with van der Waals surface area (Å²) in [5, 5.41) is 0. The van der Waals surface area contributed by atoms with E-state index >= 15 is 0 Å². The first-order valence-corrected chi connectivity index (χ1v) is 19.2. The van der Waals surface area contributed by atoms with E-state index in [0.717, 1.165) is 11.8 Å². The van der Waals surface area contributed by atoms with Gasteiger partial charge in [0.15, 0.2) is 0 Å². The molecule has 1 atom stereocenters. The number of hydrogen-bond acceptors (Lipinski definition) is 4. The smallest absolute Gasteiger partial charge is 0.343 e. The fourth-order valence-corrected chi connectivity index (χ4v) is 8.08. The minimum Gasteiger partial charge on any atom is -0.454 e. The molecular formula is C44H58O4. The van der Waals surface area contributed by atoms with E-state index in [1.54, 1.807) is 6.07 Å². The molecule has 0 bridgehead atoms. The van der Waals surface area contributed by atoms with Gasteiger partial charge in [0, 0.05) is 5.56 Å². The van der Waals surface area contributed by atoms with Crippen molar-refractivity contribution in [2.75, 3.05) is 0 Å². The molecule has 2 fully saturated rings. The Labute approximate surface area is 290 Å². The molecule has 0 N–H and O–H groups in total. The lowest BCUT2D eigenvalue weighted by atomic mass is 9.77. The van der Waals surface area contributed by atoms with E-state index in [9.17, 15) is 9.59 Å². The minimum atomic E-state index is -0.580. The second-order valence-corrected chi connectivity index (χ2v) is 14.6. The van der Waals surface area contributed by atoms with Crippen LogP contribution in [0, 0.1) is 11.8 Å². The molecule has 0 amide bonds. The summed E-state index contributed by atoms with van der Waals surface area (Å²) in [4.78, 5) is 26.3. The summed E-state index contributed by atoms with van der Waals surface area (Å²) in [5.41, 5.74) is 4.37.